The van der Waals surface area contributed by atoms with E-state index in [2.05, 4.69) is 5.32 Å². The van der Waals surface area contributed by atoms with Crippen molar-refractivity contribution in [2.24, 2.45) is 0 Å². The molecule has 234 valence electrons. The van der Waals surface area contributed by atoms with Crippen LogP contribution in [0.5, 0.6) is 11.5 Å². The molecule has 1 unspecified atom stereocenters. The van der Waals surface area contributed by atoms with Gasteiger partial charge in [-0.1, -0.05) is 30.3 Å². The Morgan fingerprint density at radius 2 is 1.57 bits per heavy atom. The zero-order valence-electron chi connectivity index (χ0n) is 24.8. The summed E-state index contributed by atoms with van der Waals surface area (Å²) in [6, 6.07) is 13.3. The van der Waals surface area contributed by atoms with Crippen LogP contribution in [0.1, 0.15) is 38.8 Å². The van der Waals surface area contributed by atoms with Crippen LogP contribution in [0.15, 0.2) is 57.7 Å². The number of carbonyl (C=O) groups is 4. The quantitative estimate of drug-likeness (QED) is 0.203. The van der Waals surface area contributed by atoms with E-state index in [1.165, 1.54) is 13.8 Å². The number of hydrogen-bond donors (Lipinski definition) is 1. The van der Waals surface area contributed by atoms with Crippen molar-refractivity contribution in [3.8, 4) is 11.5 Å². The Morgan fingerprint density at radius 3 is 2.20 bits per heavy atom. The zero-order valence-corrected chi connectivity index (χ0v) is 24.8. The zero-order chi connectivity index (χ0) is 32.0. The van der Waals surface area contributed by atoms with Gasteiger partial charge in [0.1, 0.15) is 36.7 Å². The first-order valence-electron chi connectivity index (χ1n) is 13.7. The summed E-state index contributed by atoms with van der Waals surface area (Å²) < 4.78 is 39.4. The molecule has 3 aromatic rings. The van der Waals surface area contributed by atoms with E-state index in [4.69, 9.17) is 32.8 Å². The summed E-state index contributed by atoms with van der Waals surface area (Å²) in [7, 11) is 0. The minimum atomic E-state index is -1.48. The SMILES string of the molecule is CC(=O)N[C@H]1C(Oc2c(C)c3ccc(OCc4ccccc4)cc3oc2=O)O[C@H](COC(C)=O)[C@@H](OC(C)=O)[C@@H]1OC(C)=O. The second-order valence-corrected chi connectivity index (χ2v) is 10.1. The molecule has 1 saturated heterocycles. The Hall–Kier alpha value is -4.91. The highest BCUT2D eigenvalue weighted by Crippen LogP contribution is 2.32. The number of rotatable bonds is 10. The first-order chi connectivity index (χ1) is 20.9. The van der Waals surface area contributed by atoms with Gasteiger partial charge in [0.15, 0.2) is 12.2 Å². The minimum Gasteiger partial charge on any atom is -0.489 e. The minimum absolute atomic E-state index is 0.241. The molecule has 5 atom stereocenters. The van der Waals surface area contributed by atoms with Crippen LogP contribution in [0.2, 0.25) is 0 Å². The van der Waals surface area contributed by atoms with Crippen LogP contribution in [-0.4, -0.2) is 61.1 Å². The Morgan fingerprint density at radius 1 is 0.886 bits per heavy atom. The van der Waals surface area contributed by atoms with E-state index in [-0.39, 0.29) is 11.3 Å². The van der Waals surface area contributed by atoms with Crippen LogP contribution in [0.4, 0.5) is 0 Å². The number of carbonyl (C=O) groups excluding carboxylic acids is 4. The first-order valence-corrected chi connectivity index (χ1v) is 13.7. The molecule has 13 heteroatoms. The van der Waals surface area contributed by atoms with Crippen LogP contribution in [-0.2, 0) is 44.7 Å². The summed E-state index contributed by atoms with van der Waals surface area (Å²) >= 11 is 0. The first kappa shape index (κ1) is 32.0. The lowest BCUT2D eigenvalue weighted by Gasteiger charge is -2.44. The monoisotopic (exact) mass is 611 g/mol. The van der Waals surface area contributed by atoms with Crippen molar-refractivity contribution in [1.82, 2.24) is 5.32 Å². The number of fused-ring (bicyclic) bond motifs is 1. The Kier molecular flexibility index (Phi) is 10.2. The fourth-order valence-electron chi connectivity index (χ4n) is 4.79. The number of esters is 3. The number of aryl methyl sites for hydroxylation is 1. The van der Waals surface area contributed by atoms with Gasteiger partial charge in [0.05, 0.1) is 0 Å². The Balaban J connectivity index is 1.68. The molecule has 1 amide bonds. The average Bonchev–Trinajstić information content (AvgIpc) is 2.95. The molecule has 1 aliphatic heterocycles. The molecule has 1 aliphatic rings. The summed E-state index contributed by atoms with van der Waals surface area (Å²) in [5, 5.41) is 3.12. The summed E-state index contributed by atoms with van der Waals surface area (Å²) in [4.78, 5) is 61.1. The molecule has 1 N–H and O–H groups in total. The molecule has 0 saturated carbocycles. The third kappa shape index (κ3) is 7.92. The maximum Gasteiger partial charge on any atom is 0.379 e. The molecular formula is C31H33NO12. The standard InChI is InChI=1S/C31H33NO12/c1-16-23-12-11-22(39-14-21-9-7-6-8-10-21)13-24(23)42-30(37)27(16)44-31-26(32-17(2)33)29(41-20(5)36)28(40-19(4)35)25(43-31)15-38-18(3)34/h6-13,25-26,28-29,31H,14-15H2,1-5H3,(H,32,33)/t25-,26-,28-,29-,31?/m1/s1. The van der Waals surface area contributed by atoms with Gasteiger partial charge >= 0.3 is 23.5 Å². The predicted molar refractivity (Wildman–Crippen MR) is 153 cm³/mol. The molecule has 4 rings (SSSR count). The lowest BCUT2D eigenvalue weighted by Crippen LogP contribution is -2.67. The highest BCUT2D eigenvalue weighted by atomic mass is 16.7. The summed E-state index contributed by atoms with van der Waals surface area (Å²) in [6.45, 7) is 6.16. The van der Waals surface area contributed by atoms with Crippen molar-refractivity contribution in [1.29, 1.82) is 0 Å². The highest BCUT2D eigenvalue weighted by molar-refractivity contribution is 5.83. The van der Waals surface area contributed by atoms with Gasteiger partial charge in [-0.15, -0.1) is 0 Å². The van der Waals surface area contributed by atoms with Gasteiger partial charge in [0.2, 0.25) is 17.9 Å². The van der Waals surface area contributed by atoms with Crippen LogP contribution < -0.4 is 20.4 Å². The molecule has 44 heavy (non-hydrogen) atoms. The number of benzene rings is 2. The van der Waals surface area contributed by atoms with Gasteiger partial charge in [-0.25, -0.2) is 4.79 Å². The van der Waals surface area contributed by atoms with E-state index in [1.54, 1.807) is 25.1 Å². The van der Waals surface area contributed by atoms with E-state index in [0.29, 0.717) is 23.3 Å². The summed E-state index contributed by atoms with van der Waals surface area (Å²) in [5.41, 5.74) is 0.737. The third-order valence-corrected chi connectivity index (χ3v) is 6.64. The molecule has 0 spiro atoms. The van der Waals surface area contributed by atoms with Crippen molar-refractivity contribution < 1.29 is 52.0 Å². The maximum absolute atomic E-state index is 13.2. The summed E-state index contributed by atoms with van der Waals surface area (Å²) in [6.07, 6.45) is -5.35. The Labute approximate surface area is 252 Å². The van der Waals surface area contributed by atoms with Crippen molar-refractivity contribution in [3.63, 3.8) is 0 Å². The molecule has 0 aliphatic carbocycles. The van der Waals surface area contributed by atoms with E-state index in [1.807, 2.05) is 30.3 Å². The van der Waals surface area contributed by atoms with Gasteiger partial charge in [0.25, 0.3) is 0 Å². The molecule has 2 heterocycles. The fourth-order valence-corrected chi connectivity index (χ4v) is 4.79. The van der Waals surface area contributed by atoms with Crippen molar-refractivity contribution in [2.75, 3.05) is 6.61 Å². The van der Waals surface area contributed by atoms with Crippen LogP contribution in [0.25, 0.3) is 11.0 Å². The number of nitrogens with one attached hydrogen (secondary N) is 1. The van der Waals surface area contributed by atoms with Crippen molar-refractivity contribution in [2.45, 2.75) is 71.9 Å². The molecule has 0 bridgehead atoms. The molecule has 1 aromatic heterocycles. The predicted octanol–water partition coefficient (Wildman–Crippen LogP) is 2.72. The molecule has 2 aromatic carbocycles. The Bertz CT molecular complexity index is 1580. The van der Waals surface area contributed by atoms with Crippen LogP contribution >= 0.6 is 0 Å². The molecule has 0 radical (unpaired) electrons. The van der Waals surface area contributed by atoms with Crippen LogP contribution in [0.3, 0.4) is 0 Å². The van der Waals surface area contributed by atoms with Gasteiger partial charge in [-0.2, -0.15) is 0 Å². The van der Waals surface area contributed by atoms with Gasteiger partial charge in [0, 0.05) is 44.7 Å². The number of ether oxygens (including phenoxy) is 6. The lowest BCUT2D eigenvalue weighted by molar-refractivity contribution is -0.257. The normalized spacial score (nSPS) is 21.2. The van der Waals surface area contributed by atoms with Crippen LogP contribution in [0, 0.1) is 6.92 Å². The maximum atomic E-state index is 13.2. The highest BCUT2D eigenvalue weighted by Gasteiger charge is 2.52. The second kappa shape index (κ2) is 14.0. The van der Waals surface area contributed by atoms with E-state index in [9.17, 15) is 24.0 Å². The third-order valence-electron chi connectivity index (χ3n) is 6.64. The number of hydrogen-bond acceptors (Lipinski definition) is 12. The molecular weight excluding hydrogens is 578 g/mol. The van der Waals surface area contributed by atoms with Gasteiger partial charge < -0.3 is 38.2 Å². The lowest BCUT2D eigenvalue weighted by atomic mass is 9.96. The van der Waals surface area contributed by atoms with Gasteiger partial charge in [-0.05, 0) is 24.6 Å². The number of amides is 1. The average molecular weight is 612 g/mol. The van der Waals surface area contributed by atoms with Crippen molar-refractivity contribution in [3.05, 3.63) is 70.1 Å². The van der Waals surface area contributed by atoms with Crippen molar-refractivity contribution >= 4 is 34.8 Å². The largest absolute Gasteiger partial charge is 0.489 e. The summed E-state index contributed by atoms with van der Waals surface area (Å²) in [5.74, 6) is -2.49. The second-order valence-electron chi connectivity index (χ2n) is 10.1. The van der Waals surface area contributed by atoms with E-state index >= 15 is 0 Å². The molecule has 1 fully saturated rings. The molecule has 13 nitrogen and oxygen atoms in total. The smallest absolute Gasteiger partial charge is 0.379 e. The topological polar surface area (TPSA) is 166 Å². The van der Waals surface area contributed by atoms with E-state index < -0.39 is 66.7 Å². The van der Waals surface area contributed by atoms with E-state index in [0.717, 1.165) is 19.4 Å². The fraction of sp³-hybridized carbons (Fsp3) is 0.387. The van der Waals surface area contributed by atoms with Gasteiger partial charge in [-0.3, -0.25) is 19.2 Å².